The largest absolute Gasteiger partial charge is 0.383 e. The molecule has 0 fully saturated rings. The molecular formula is C15H17ClN4. The van der Waals surface area contributed by atoms with E-state index in [0.29, 0.717) is 28.3 Å². The zero-order valence-corrected chi connectivity index (χ0v) is 12.5. The van der Waals surface area contributed by atoms with Crippen LogP contribution in [0.5, 0.6) is 0 Å². The van der Waals surface area contributed by atoms with Crippen molar-refractivity contribution in [1.82, 2.24) is 4.98 Å². The third kappa shape index (κ3) is 2.78. The number of fused-ring (bicyclic) bond motifs is 1. The summed E-state index contributed by atoms with van der Waals surface area (Å²) in [6.07, 6.45) is 0. The molecule has 0 aliphatic carbocycles. The van der Waals surface area contributed by atoms with Crippen molar-refractivity contribution in [2.75, 3.05) is 17.6 Å². The molecule has 0 radical (unpaired) electrons. The number of halogens is 1. The minimum Gasteiger partial charge on any atom is -0.383 e. The molecule has 2 rings (SSSR count). The van der Waals surface area contributed by atoms with Crippen LogP contribution in [0.2, 0.25) is 5.02 Å². The smallest absolute Gasteiger partial charge is 0.144 e. The molecule has 0 amide bonds. The number of pyridine rings is 1. The molecule has 0 saturated heterocycles. The molecule has 3 N–H and O–H groups in total. The lowest BCUT2D eigenvalue weighted by Crippen LogP contribution is -2.20. The first-order chi connectivity index (χ1) is 9.33. The van der Waals surface area contributed by atoms with Gasteiger partial charge in [0.25, 0.3) is 0 Å². The first kappa shape index (κ1) is 14.4. The summed E-state index contributed by atoms with van der Waals surface area (Å²) in [6.45, 7) is 7.07. The Balaban J connectivity index is 2.66. The molecule has 1 heterocycles. The highest BCUT2D eigenvalue weighted by atomic mass is 35.5. The average Bonchev–Trinajstić information content (AvgIpc) is 2.36. The maximum absolute atomic E-state index is 9.31. The number of nitrogens with one attached hydrogen (secondary N) is 1. The molecule has 0 unspecified atom stereocenters. The number of nitrogens with zero attached hydrogens (tertiary/aromatic N) is 2. The number of nitrogens with two attached hydrogens (primary N) is 1. The van der Waals surface area contributed by atoms with Gasteiger partial charge in [0.2, 0.25) is 0 Å². The summed E-state index contributed by atoms with van der Waals surface area (Å²) >= 11 is 6.16. The van der Waals surface area contributed by atoms with Crippen LogP contribution >= 0.6 is 11.6 Å². The number of nitrogen functional groups attached to an aromatic ring is 1. The maximum atomic E-state index is 9.31. The molecule has 2 aromatic rings. The first-order valence-corrected chi connectivity index (χ1v) is 6.73. The molecule has 0 atom stereocenters. The predicted molar refractivity (Wildman–Crippen MR) is 83.8 cm³/mol. The van der Waals surface area contributed by atoms with Crippen molar-refractivity contribution in [3.8, 4) is 6.07 Å². The number of benzene rings is 1. The summed E-state index contributed by atoms with van der Waals surface area (Å²) in [7, 11) is 0. The van der Waals surface area contributed by atoms with Gasteiger partial charge in [-0.1, -0.05) is 44.5 Å². The Kier molecular flexibility index (Phi) is 3.74. The normalized spacial score (nSPS) is 11.3. The molecule has 0 spiro atoms. The summed E-state index contributed by atoms with van der Waals surface area (Å²) in [5, 5.41) is 14.0. The summed E-state index contributed by atoms with van der Waals surface area (Å²) in [5.41, 5.74) is 7.63. The van der Waals surface area contributed by atoms with Crippen LogP contribution in [0.25, 0.3) is 10.9 Å². The zero-order valence-electron chi connectivity index (χ0n) is 11.8. The van der Waals surface area contributed by atoms with Gasteiger partial charge in [0, 0.05) is 11.9 Å². The Morgan fingerprint density at radius 3 is 2.70 bits per heavy atom. The van der Waals surface area contributed by atoms with Gasteiger partial charge < -0.3 is 11.1 Å². The Morgan fingerprint density at radius 2 is 2.10 bits per heavy atom. The molecule has 5 heteroatoms. The molecule has 4 nitrogen and oxygen atoms in total. The highest BCUT2D eigenvalue weighted by Gasteiger charge is 2.17. The molecular weight excluding hydrogens is 272 g/mol. The van der Waals surface area contributed by atoms with Crippen molar-refractivity contribution in [2.24, 2.45) is 5.41 Å². The number of aromatic nitrogens is 1. The van der Waals surface area contributed by atoms with E-state index in [2.05, 4.69) is 37.1 Å². The minimum atomic E-state index is 0.0790. The van der Waals surface area contributed by atoms with Gasteiger partial charge in [-0.3, -0.25) is 0 Å². The summed E-state index contributed by atoms with van der Waals surface area (Å²) in [6, 6.07) is 7.61. The topological polar surface area (TPSA) is 74.7 Å². The Morgan fingerprint density at radius 1 is 1.40 bits per heavy atom. The van der Waals surface area contributed by atoms with Gasteiger partial charge in [-0.25, -0.2) is 4.98 Å². The lowest BCUT2D eigenvalue weighted by molar-refractivity contribution is 0.443. The molecule has 0 aliphatic rings. The fraction of sp³-hybridized carbons (Fsp3) is 0.333. The highest BCUT2D eigenvalue weighted by Crippen LogP contribution is 2.33. The SMILES string of the molecule is CC(C)(C)CNc1c(C#N)c(N)nc2c(Cl)cccc12. The number of nitriles is 1. The predicted octanol–water partition coefficient (Wildman–Crippen LogP) is 3.80. The van der Waals surface area contributed by atoms with Crippen LogP contribution in [-0.4, -0.2) is 11.5 Å². The number of hydrogen-bond acceptors (Lipinski definition) is 4. The monoisotopic (exact) mass is 288 g/mol. The average molecular weight is 289 g/mol. The molecule has 20 heavy (non-hydrogen) atoms. The molecule has 104 valence electrons. The van der Waals surface area contributed by atoms with Gasteiger partial charge in [-0.2, -0.15) is 5.26 Å². The second kappa shape index (κ2) is 5.18. The second-order valence-electron chi connectivity index (χ2n) is 5.91. The number of para-hydroxylation sites is 1. The van der Waals surface area contributed by atoms with Gasteiger partial charge in [0.15, 0.2) is 0 Å². The van der Waals surface area contributed by atoms with E-state index in [1.165, 1.54) is 0 Å². The van der Waals surface area contributed by atoms with E-state index < -0.39 is 0 Å². The molecule has 0 aliphatic heterocycles. The van der Waals surface area contributed by atoms with Crippen molar-refractivity contribution < 1.29 is 0 Å². The van der Waals surface area contributed by atoms with Crippen LogP contribution in [0.4, 0.5) is 11.5 Å². The van der Waals surface area contributed by atoms with Crippen LogP contribution in [0.15, 0.2) is 18.2 Å². The molecule has 1 aromatic heterocycles. The molecule has 0 saturated carbocycles. The van der Waals surface area contributed by atoms with Gasteiger partial charge >= 0.3 is 0 Å². The van der Waals surface area contributed by atoms with Crippen molar-refractivity contribution in [3.63, 3.8) is 0 Å². The summed E-state index contributed by atoms with van der Waals surface area (Å²) < 4.78 is 0. The van der Waals surface area contributed by atoms with E-state index in [-0.39, 0.29) is 11.2 Å². The third-order valence-electron chi connectivity index (χ3n) is 2.90. The molecule has 0 bridgehead atoms. The van der Waals surface area contributed by atoms with Gasteiger partial charge in [-0.15, -0.1) is 0 Å². The lowest BCUT2D eigenvalue weighted by Gasteiger charge is -2.21. The highest BCUT2D eigenvalue weighted by molar-refractivity contribution is 6.35. The van der Waals surface area contributed by atoms with Gasteiger partial charge in [0.1, 0.15) is 17.5 Å². The second-order valence-corrected chi connectivity index (χ2v) is 6.32. The van der Waals surface area contributed by atoms with Crippen molar-refractivity contribution in [2.45, 2.75) is 20.8 Å². The van der Waals surface area contributed by atoms with E-state index in [1.54, 1.807) is 6.07 Å². The first-order valence-electron chi connectivity index (χ1n) is 6.35. The maximum Gasteiger partial charge on any atom is 0.144 e. The van der Waals surface area contributed by atoms with Crippen molar-refractivity contribution in [3.05, 3.63) is 28.8 Å². The fourth-order valence-corrected chi connectivity index (χ4v) is 2.14. The number of rotatable bonds is 2. The molecule has 1 aromatic carbocycles. The Bertz CT molecular complexity index is 696. The van der Waals surface area contributed by atoms with Gasteiger partial charge in [0.05, 0.1) is 16.2 Å². The standard InChI is InChI=1S/C15H17ClN4/c1-15(2,3)8-19-12-9-5-4-6-11(16)13(9)20-14(18)10(12)7-17/h4-6H,8H2,1-3H3,(H3,18,19,20). The Hall–Kier alpha value is -1.99. The van der Waals surface area contributed by atoms with E-state index >= 15 is 0 Å². The summed E-state index contributed by atoms with van der Waals surface area (Å²) in [4.78, 5) is 4.23. The van der Waals surface area contributed by atoms with Crippen LogP contribution in [-0.2, 0) is 0 Å². The third-order valence-corrected chi connectivity index (χ3v) is 3.21. The number of hydrogen-bond donors (Lipinski definition) is 2. The van der Waals surface area contributed by atoms with Crippen LogP contribution < -0.4 is 11.1 Å². The van der Waals surface area contributed by atoms with Gasteiger partial charge in [-0.05, 0) is 11.5 Å². The van der Waals surface area contributed by atoms with E-state index in [1.807, 2.05) is 12.1 Å². The van der Waals surface area contributed by atoms with E-state index in [9.17, 15) is 5.26 Å². The van der Waals surface area contributed by atoms with E-state index in [0.717, 1.165) is 5.39 Å². The summed E-state index contributed by atoms with van der Waals surface area (Å²) in [5.74, 6) is 0.199. The quantitative estimate of drug-likeness (QED) is 0.881. The van der Waals surface area contributed by atoms with Crippen molar-refractivity contribution in [1.29, 1.82) is 5.26 Å². The van der Waals surface area contributed by atoms with Crippen molar-refractivity contribution >= 4 is 34.0 Å². The van der Waals surface area contributed by atoms with Crippen LogP contribution in [0.1, 0.15) is 26.3 Å². The van der Waals surface area contributed by atoms with Crippen LogP contribution in [0, 0.1) is 16.7 Å². The van der Waals surface area contributed by atoms with E-state index in [4.69, 9.17) is 17.3 Å². The minimum absolute atomic E-state index is 0.0790. The number of anilines is 2. The fourth-order valence-electron chi connectivity index (χ4n) is 1.92. The lowest BCUT2D eigenvalue weighted by atomic mass is 9.96. The van der Waals surface area contributed by atoms with Crippen LogP contribution in [0.3, 0.4) is 0 Å². The Labute approximate surface area is 123 Å². The zero-order chi connectivity index (χ0) is 14.9.